The number of ether oxygens (including phenoxy) is 2. The average molecular weight is 671 g/mol. The molecule has 1 aromatic rings. The fourth-order valence-electron chi connectivity index (χ4n) is 8.24. The van der Waals surface area contributed by atoms with Crippen LogP contribution in [-0.2, 0) is 29.9 Å². The molecule has 2 fully saturated rings. The fourth-order valence-corrected chi connectivity index (χ4v) is 8.24. The molecule has 0 aliphatic carbocycles. The number of aromatic hydroxyl groups is 1. The number of unbranched alkanes of at least 4 members (excludes halogenated alkanes) is 1. The fraction of sp³-hybridized carbons (Fsp3) is 0.805. The van der Waals surface area contributed by atoms with Crippen molar-refractivity contribution in [3.8, 4) is 5.75 Å². The minimum absolute atomic E-state index is 0.147. The van der Waals surface area contributed by atoms with Gasteiger partial charge < -0.3 is 14.6 Å². The van der Waals surface area contributed by atoms with Crippen LogP contribution in [0.4, 0.5) is 0 Å². The van der Waals surface area contributed by atoms with Crippen LogP contribution in [0.1, 0.15) is 164 Å². The SMILES string of the molecule is CCCCC(c1cc(C(C)(C)C)c(O)c(C(C)(C)C)c1)C(C(=O)OC1CC(C)N(C)C(C)(C)C1)C(=O)OC1CC(C)(C)N(C)C(C)(C)C1. The van der Waals surface area contributed by atoms with Crippen molar-refractivity contribution >= 4 is 11.9 Å². The summed E-state index contributed by atoms with van der Waals surface area (Å²) in [5.74, 6) is -2.28. The van der Waals surface area contributed by atoms with Crippen LogP contribution < -0.4 is 0 Å². The number of rotatable bonds is 9. The molecular weight excluding hydrogens is 600 g/mol. The van der Waals surface area contributed by atoms with E-state index in [2.05, 4.69) is 121 Å². The summed E-state index contributed by atoms with van der Waals surface area (Å²) in [5.41, 5.74) is 1.30. The third-order valence-corrected chi connectivity index (χ3v) is 11.7. The Balaban J connectivity index is 2.17. The number of likely N-dealkylation sites (tertiary alicyclic amines) is 2. The summed E-state index contributed by atoms with van der Waals surface area (Å²) in [6.07, 6.45) is 4.54. The van der Waals surface area contributed by atoms with Gasteiger partial charge in [0.15, 0.2) is 5.92 Å². The summed E-state index contributed by atoms with van der Waals surface area (Å²) in [5, 5.41) is 11.6. The first-order valence-corrected chi connectivity index (χ1v) is 18.5. The molecule has 0 bridgehead atoms. The van der Waals surface area contributed by atoms with Crippen molar-refractivity contribution in [3.05, 3.63) is 28.8 Å². The van der Waals surface area contributed by atoms with Gasteiger partial charge in [-0.1, -0.05) is 73.4 Å². The molecule has 7 heteroatoms. The Morgan fingerprint density at radius 3 is 1.69 bits per heavy atom. The molecule has 2 saturated heterocycles. The molecule has 0 aromatic heterocycles. The Morgan fingerprint density at radius 1 is 0.833 bits per heavy atom. The highest BCUT2D eigenvalue weighted by molar-refractivity contribution is 5.96. The molecule has 0 saturated carbocycles. The standard InChI is InChI=1S/C41H70N2O5/c1-17-18-19-30(27-21-31(37(3,4)5)34(44)32(22-27)38(6,7)8)33(35(45)47-28-20-26(2)42(15)39(9,10)23-28)36(46)48-29-24-40(11,12)43(16)41(13,14)25-29/h21-22,26,28-30,33,44H,17-20,23-25H2,1-16H3. The second kappa shape index (κ2) is 14.2. The predicted octanol–water partition coefficient (Wildman–Crippen LogP) is 8.88. The molecule has 3 rings (SSSR count). The number of phenols is 1. The third-order valence-electron chi connectivity index (χ3n) is 11.7. The van der Waals surface area contributed by atoms with Crippen LogP contribution in [0.2, 0.25) is 0 Å². The van der Waals surface area contributed by atoms with Gasteiger partial charge in [0.1, 0.15) is 18.0 Å². The summed E-state index contributed by atoms with van der Waals surface area (Å²) < 4.78 is 12.8. The number of nitrogens with zero attached hydrogens (tertiary/aromatic N) is 2. The predicted molar refractivity (Wildman–Crippen MR) is 197 cm³/mol. The molecule has 0 spiro atoms. The molecule has 274 valence electrons. The Kier molecular flexibility index (Phi) is 12.0. The molecule has 1 N–H and O–H groups in total. The maximum Gasteiger partial charge on any atom is 0.321 e. The van der Waals surface area contributed by atoms with E-state index in [1.807, 2.05) is 12.1 Å². The minimum atomic E-state index is -1.12. The number of hydrogen-bond donors (Lipinski definition) is 1. The Hall–Kier alpha value is -2.12. The number of carbonyl (C=O) groups is 2. The van der Waals surface area contributed by atoms with Gasteiger partial charge in [-0.3, -0.25) is 19.4 Å². The van der Waals surface area contributed by atoms with Crippen LogP contribution in [0.3, 0.4) is 0 Å². The summed E-state index contributed by atoms with van der Waals surface area (Å²) in [6.45, 7) is 29.9. The van der Waals surface area contributed by atoms with Crippen LogP contribution >= 0.6 is 0 Å². The van der Waals surface area contributed by atoms with E-state index in [9.17, 15) is 14.7 Å². The zero-order valence-corrected chi connectivity index (χ0v) is 33.5. The normalized spacial score (nSPS) is 24.9. The zero-order chi connectivity index (χ0) is 36.8. The first-order chi connectivity index (χ1) is 21.7. The van der Waals surface area contributed by atoms with Crippen LogP contribution in [0.5, 0.6) is 5.75 Å². The van der Waals surface area contributed by atoms with Gasteiger partial charge in [0.05, 0.1) is 0 Å². The maximum atomic E-state index is 14.7. The van der Waals surface area contributed by atoms with Crippen molar-refractivity contribution in [2.24, 2.45) is 5.92 Å². The van der Waals surface area contributed by atoms with Crippen molar-refractivity contribution in [2.75, 3.05) is 14.1 Å². The Morgan fingerprint density at radius 2 is 1.27 bits per heavy atom. The molecule has 0 radical (unpaired) electrons. The van der Waals surface area contributed by atoms with Crippen LogP contribution in [0.15, 0.2) is 12.1 Å². The van der Waals surface area contributed by atoms with Gasteiger partial charge in [0, 0.05) is 47.8 Å². The first kappa shape index (κ1) is 40.3. The third kappa shape index (κ3) is 8.96. The topological polar surface area (TPSA) is 79.3 Å². The molecule has 2 aliphatic heterocycles. The molecular formula is C41H70N2O5. The summed E-state index contributed by atoms with van der Waals surface area (Å²) in [7, 11) is 4.26. The van der Waals surface area contributed by atoms with Crippen LogP contribution in [0, 0.1) is 5.92 Å². The average Bonchev–Trinajstić information content (AvgIpc) is 2.90. The maximum absolute atomic E-state index is 14.7. The highest BCUT2D eigenvalue weighted by Crippen LogP contribution is 2.45. The second-order valence-electron chi connectivity index (χ2n) is 19.1. The van der Waals surface area contributed by atoms with Crippen molar-refractivity contribution in [1.82, 2.24) is 9.80 Å². The molecule has 48 heavy (non-hydrogen) atoms. The molecule has 1 aromatic carbocycles. The van der Waals surface area contributed by atoms with Gasteiger partial charge in [0.2, 0.25) is 0 Å². The summed E-state index contributed by atoms with van der Waals surface area (Å²) in [6, 6.07) is 4.29. The van der Waals surface area contributed by atoms with Crippen molar-refractivity contribution in [1.29, 1.82) is 0 Å². The number of carbonyl (C=O) groups excluding carboxylic acids is 2. The zero-order valence-electron chi connectivity index (χ0n) is 33.5. The lowest BCUT2D eigenvalue weighted by atomic mass is 9.74. The molecule has 4 unspecified atom stereocenters. The van der Waals surface area contributed by atoms with Gasteiger partial charge in [-0.25, -0.2) is 0 Å². The van der Waals surface area contributed by atoms with E-state index in [1.165, 1.54) is 0 Å². The van der Waals surface area contributed by atoms with Gasteiger partial charge in [0.25, 0.3) is 0 Å². The van der Waals surface area contributed by atoms with E-state index in [0.717, 1.165) is 29.5 Å². The molecule has 2 heterocycles. The second-order valence-corrected chi connectivity index (χ2v) is 19.1. The van der Waals surface area contributed by atoms with Gasteiger partial charge in [-0.2, -0.15) is 0 Å². The summed E-state index contributed by atoms with van der Waals surface area (Å²) >= 11 is 0. The summed E-state index contributed by atoms with van der Waals surface area (Å²) in [4.78, 5) is 34.0. The number of esters is 2. The van der Waals surface area contributed by atoms with E-state index in [4.69, 9.17) is 9.47 Å². The van der Waals surface area contributed by atoms with Crippen LogP contribution in [0.25, 0.3) is 0 Å². The van der Waals surface area contributed by atoms with Gasteiger partial charge in [-0.15, -0.1) is 0 Å². The monoisotopic (exact) mass is 671 g/mol. The van der Waals surface area contributed by atoms with E-state index < -0.39 is 23.8 Å². The largest absolute Gasteiger partial charge is 0.507 e. The number of hydrogen-bond acceptors (Lipinski definition) is 7. The minimum Gasteiger partial charge on any atom is -0.507 e. The van der Waals surface area contributed by atoms with E-state index >= 15 is 0 Å². The molecule has 7 nitrogen and oxygen atoms in total. The van der Waals surface area contributed by atoms with Gasteiger partial charge >= 0.3 is 11.9 Å². The quantitative estimate of drug-likeness (QED) is 0.208. The Labute approximate surface area is 293 Å². The number of phenolic OH excluding ortho intramolecular Hbond substituents is 1. The Bertz CT molecular complexity index is 1250. The lowest BCUT2D eigenvalue weighted by Crippen LogP contribution is -2.60. The highest BCUT2D eigenvalue weighted by atomic mass is 16.6. The van der Waals surface area contributed by atoms with Crippen molar-refractivity contribution in [2.45, 2.75) is 193 Å². The lowest BCUT2D eigenvalue weighted by molar-refractivity contribution is -0.177. The van der Waals surface area contributed by atoms with E-state index in [-0.39, 0.29) is 51.4 Å². The highest BCUT2D eigenvalue weighted by Gasteiger charge is 2.48. The van der Waals surface area contributed by atoms with Gasteiger partial charge in [-0.05, 0) is 103 Å². The van der Waals surface area contributed by atoms with Crippen LogP contribution in [-0.4, -0.2) is 75.8 Å². The molecule has 0 amide bonds. The van der Waals surface area contributed by atoms with Crippen molar-refractivity contribution < 1.29 is 24.2 Å². The number of piperidine rings is 2. The molecule has 4 atom stereocenters. The molecule has 2 aliphatic rings. The van der Waals surface area contributed by atoms with E-state index in [0.29, 0.717) is 32.1 Å². The smallest absolute Gasteiger partial charge is 0.321 e. The van der Waals surface area contributed by atoms with E-state index in [1.54, 1.807) is 0 Å². The number of benzene rings is 1. The lowest BCUT2D eigenvalue weighted by Gasteiger charge is -2.53. The first-order valence-electron chi connectivity index (χ1n) is 18.5. The van der Waals surface area contributed by atoms with Crippen molar-refractivity contribution in [3.63, 3.8) is 0 Å².